The zero-order chi connectivity index (χ0) is 13.0. The number of hydrogen-bond acceptors (Lipinski definition) is 3. The molecule has 18 heavy (non-hydrogen) atoms. The summed E-state index contributed by atoms with van der Waals surface area (Å²) in [7, 11) is 0. The first-order valence-electron chi connectivity index (χ1n) is 5.27. The van der Waals surface area contributed by atoms with Crippen molar-refractivity contribution in [1.82, 2.24) is 0 Å². The molecular weight excluding hydrogens is 345 g/mol. The van der Waals surface area contributed by atoms with Crippen molar-refractivity contribution in [2.75, 3.05) is 0 Å². The van der Waals surface area contributed by atoms with Gasteiger partial charge in [-0.1, -0.05) is 46.9 Å². The number of nitro groups is 1. The van der Waals surface area contributed by atoms with Crippen LogP contribution >= 0.6 is 22.6 Å². The Morgan fingerprint density at radius 1 is 1.17 bits per heavy atom. The van der Waals surface area contributed by atoms with E-state index in [0.29, 0.717) is 5.75 Å². The van der Waals surface area contributed by atoms with Crippen LogP contribution in [0.1, 0.15) is 5.56 Å². The minimum atomic E-state index is -0.423. The molecule has 0 amide bonds. The Balaban J connectivity index is 2.35. The molecule has 92 valence electrons. The van der Waals surface area contributed by atoms with Crippen molar-refractivity contribution in [3.05, 3.63) is 64.2 Å². The summed E-state index contributed by atoms with van der Waals surface area (Å²) in [6.07, 6.45) is 0. The molecule has 0 bridgehead atoms. The molecule has 0 fully saturated rings. The Morgan fingerprint density at radius 3 is 2.50 bits per heavy atom. The van der Waals surface area contributed by atoms with E-state index in [9.17, 15) is 10.1 Å². The van der Waals surface area contributed by atoms with E-state index in [4.69, 9.17) is 4.74 Å². The van der Waals surface area contributed by atoms with Crippen LogP contribution in [0.25, 0.3) is 0 Å². The Labute approximate surface area is 118 Å². The summed E-state index contributed by atoms with van der Waals surface area (Å²) in [5, 5.41) is 11.0. The van der Waals surface area contributed by atoms with Gasteiger partial charge in [-0.15, -0.1) is 0 Å². The molecule has 0 unspecified atom stereocenters. The van der Waals surface area contributed by atoms with Crippen LogP contribution < -0.4 is 4.74 Å². The molecule has 0 aliphatic heterocycles. The zero-order valence-electron chi connectivity index (χ0n) is 9.38. The lowest BCUT2D eigenvalue weighted by molar-refractivity contribution is -0.385. The highest BCUT2D eigenvalue weighted by Gasteiger charge is 2.16. The van der Waals surface area contributed by atoms with Crippen molar-refractivity contribution in [3.8, 4) is 11.5 Å². The predicted molar refractivity (Wildman–Crippen MR) is 77.3 cm³/mol. The van der Waals surface area contributed by atoms with E-state index in [1.807, 2.05) is 24.3 Å². The Bertz CT molecular complexity index is 557. The molecule has 0 radical (unpaired) electrons. The van der Waals surface area contributed by atoms with Gasteiger partial charge in [-0.2, -0.15) is 0 Å². The van der Waals surface area contributed by atoms with E-state index in [2.05, 4.69) is 22.6 Å². The normalized spacial score (nSPS) is 10.1. The van der Waals surface area contributed by atoms with Gasteiger partial charge in [0, 0.05) is 10.5 Å². The van der Waals surface area contributed by atoms with E-state index in [1.54, 1.807) is 24.3 Å². The van der Waals surface area contributed by atoms with E-state index in [0.717, 1.165) is 9.99 Å². The largest absolute Gasteiger partial charge is 0.450 e. The maximum atomic E-state index is 11.0. The smallest absolute Gasteiger partial charge is 0.311 e. The molecule has 4 nitrogen and oxygen atoms in total. The number of nitrogens with zero attached hydrogens (tertiary/aromatic N) is 1. The Morgan fingerprint density at radius 2 is 1.89 bits per heavy atom. The fraction of sp³-hybridized carbons (Fsp3) is 0.0769. The quantitative estimate of drug-likeness (QED) is 0.355. The summed E-state index contributed by atoms with van der Waals surface area (Å²) in [4.78, 5) is 10.6. The van der Waals surface area contributed by atoms with Gasteiger partial charge in [0.15, 0.2) is 0 Å². The minimum absolute atomic E-state index is 0.00646. The van der Waals surface area contributed by atoms with Crippen LogP contribution in [0.3, 0.4) is 0 Å². The van der Waals surface area contributed by atoms with Crippen LogP contribution in [-0.4, -0.2) is 4.92 Å². The molecule has 2 rings (SSSR count). The second-order valence-electron chi connectivity index (χ2n) is 3.61. The topological polar surface area (TPSA) is 52.4 Å². The van der Waals surface area contributed by atoms with Crippen molar-refractivity contribution in [2.24, 2.45) is 0 Å². The second-order valence-corrected chi connectivity index (χ2v) is 4.37. The SMILES string of the molecule is O=[N+]([O-])c1cc(CI)ccc1Oc1ccccc1. The standard InChI is InChI=1S/C13H10INO3/c14-9-10-6-7-13(12(8-10)15(16)17)18-11-4-2-1-3-5-11/h1-8H,9H2. The van der Waals surface area contributed by atoms with Gasteiger partial charge in [0.2, 0.25) is 5.75 Å². The number of nitro benzene ring substituents is 1. The van der Waals surface area contributed by atoms with Gasteiger partial charge in [-0.3, -0.25) is 10.1 Å². The lowest BCUT2D eigenvalue weighted by Crippen LogP contribution is -1.94. The highest BCUT2D eigenvalue weighted by Crippen LogP contribution is 2.32. The maximum absolute atomic E-state index is 11.0. The third-order valence-electron chi connectivity index (χ3n) is 2.35. The van der Waals surface area contributed by atoms with Crippen LogP contribution in [0.5, 0.6) is 11.5 Å². The maximum Gasteiger partial charge on any atom is 0.311 e. The van der Waals surface area contributed by atoms with Gasteiger partial charge in [-0.25, -0.2) is 0 Å². The molecule has 0 N–H and O–H groups in total. The fourth-order valence-electron chi connectivity index (χ4n) is 1.49. The molecule has 0 spiro atoms. The zero-order valence-corrected chi connectivity index (χ0v) is 11.5. The summed E-state index contributed by atoms with van der Waals surface area (Å²) in [6, 6.07) is 14.0. The number of halogens is 1. The first kappa shape index (κ1) is 12.8. The van der Waals surface area contributed by atoms with E-state index in [1.165, 1.54) is 0 Å². The molecule has 0 heterocycles. The monoisotopic (exact) mass is 355 g/mol. The number of hydrogen-bond donors (Lipinski definition) is 0. The molecule has 0 aliphatic rings. The van der Waals surface area contributed by atoms with Gasteiger partial charge in [0.25, 0.3) is 0 Å². The number of alkyl halides is 1. The van der Waals surface area contributed by atoms with E-state index < -0.39 is 4.92 Å². The van der Waals surface area contributed by atoms with Gasteiger partial charge in [0.1, 0.15) is 5.75 Å². The van der Waals surface area contributed by atoms with Crippen molar-refractivity contribution < 1.29 is 9.66 Å². The number of para-hydroxylation sites is 1. The Hall–Kier alpha value is -1.63. The van der Waals surface area contributed by atoms with Crippen molar-refractivity contribution in [1.29, 1.82) is 0 Å². The molecule has 0 saturated carbocycles. The first-order valence-corrected chi connectivity index (χ1v) is 6.79. The molecule has 2 aromatic carbocycles. The molecule has 5 heteroatoms. The Kier molecular flexibility index (Phi) is 4.14. The van der Waals surface area contributed by atoms with Crippen molar-refractivity contribution in [2.45, 2.75) is 4.43 Å². The summed E-state index contributed by atoms with van der Waals surface area (Å²) in [6.45, 7) is 0. The molecular formula is C13H10INO3. The highest BCUT2D eigenvalue weighted by molar-refractivity contribution is 14.1. The highest BCUT2D eigenvalue weighted by atomic mass is 127. The van der Waals surface area contributed by atoms with Crippen LogP contribution in [0.15, 0.2) is 48.5 Å². The number of rotatable bonds is 4. The minimum Gasteiger partial charge on any atom is -0.450 e. The number of benzene rings is 2. The van der Waals surface area contributed by atoms with Gasteiger partial charge in [0.05, 0.1) is 4.92 Å². The predicted octanol–water partition coefficient (Wildman–Crippen LogP) is 4.32. The van der Waals surface area contributed by atoms with Crippen LogP contribution in [0.2, 0.25) is 0 Å². The molecule has 0 aromatic heterocycles. The van der Waals surface area contributed by atoms with Crippen LogP contribution in [0, 0.1) is 10.1 Å². The van der Waals surface area contributed by atoms with Gasteiger partial charge >= 0.3 is 5.69 Å². The third kappa shape index (κ3) is 2.98. The van der Waals surface area contributed by atoms with Gasteiger partial charge < -0.3 is 4.74 Å². The third-order valence-corrected chi connectivity index (χ3v) is 3.23. The van der Waals surface area contributed by atoms with Crippen LogP contribution in [0.4, 0.5) is 5.69 Å². The molecule has 0 aliphatic carbocycles. The molecule has 0 atom stereocenters. The summed E-state index contributed by atoms with van der Waals surface area (Å²) < 4.78 is 6.25. The summed E-state index contributed by atoms with van der Waals surface area (Å²) in [5.41, 5.74) is 0.899. The van der Waals surface area contributed by atoms with Crippen molar-refractivity contribution >= 4 is 28.3 Å². The van der Waals surface area contributed by atoms with Gasteiger partial charge in [-0.05, 0) is 23.8 Å². The summed E-state index contributed by atoms with van der Waals surface area (Å²) >= 11 is 2.17. The molecule has 0 saturated heterocycles. The lowest BCUT2D eigenvalue weighted by Gasteiger charge is -2.06. The van der Waals surface area contributed by atoms with E-state index in [-0.39, 0.29) is 11.4 Å². The molecule has 2 aromatic rings. The van der Waals surface area contributed by atoms with Crippen LogP contribution in [-0.2, 0) is 4.43 Å². The average Bonchev–Trinajstić information content (AvgIpc) is 2.40. The second kappa shape index (κ2) is 5.81. The fourth-order valence-corrected chi connectivity index (χ4v) is 1.97. The lowest BCUT2D eigenvalue weighted by atomic mass is 10.2. The summed E-state index contributed by atoms with van der Waals surface area (Å²) in [5.74, 6) is 0.850. The van der Waals surface area contributed by atoms with Crippen molar-refractivity contribution in [3.63, 3.8) is 0 Å². The average molecular weight is 355 g/mol. The number of ether oxygens (including phenoxy) is 1. The van der Waals surface area contributed by atoms with E-state index >= 15 is 0 Å². The first-order chi connectivity index (χ1) is 8.70.